The van der Waals surface area contributed by atoms with Crippen LogP contribution in [0.15, 0.2) is 0 Å². The molecule has 0 amide bonds. The van der Waals surface area contributed by atoms with Gasteiger partial charge in [0.15, 0.2) is 0 Å². The first kappa shape index (κ1) is 13.5. The van der Waals surface area contributed by atoms with Gasteiger partial charge in [-0.1, -0.05) is 6.42 Å². The fourth-order valence-electron chi connectivity index (χ4n) is 2.23. The van der Waals surface area contributed by atoms with Crippen molar-refractivity contribution in [3.63, 3.8) is 0 Å². The molecule has 1 atom stereocenters. The van der Waals surface area contributed by atoms with Crippen LogP contribution in [0.4, 0.5) is 0 Å². The molecular formula is C12H23NO3. The van der Waals surface area contributed by atoms with Crippen LogP contribution in [0.1, 0.15) is 45.4 Å². The van der Waals surface area contributed by atoms with Gasteiger partial charge >= 0.3 is 5.97 Å². The summed E-state index contributed by atoms with van der Waals surface area (Å²) in [7, 11) is 0. The van der Waals surface area contributed by atoms with Crippen LogP contribution in [-0.2, 0) is 4.79 Å². The van der Waals surface area contributed by atoms with Gasteiger partial charge in [-0.05, 0) is 32.6 Å². The summed E-state index contributed by atoms with van der Waals surface area (Å²) in [5.74, 6) is -0.720. The van der Waals surface area contributed by atoms with E-state index in [1.165, 1.54) is 19.3 Å². The van der Waals surface area contributed by atoms with E-state index in [9.17, 15) is 4.79 Å². The zero-order valence-electron chi connectivity index (χ0n) is 10.1. The number of carboxylic acid groups (broad SMARTS) is 1. The van der Waals surface area contributed by atoms with Crippen LogP contribution in [0.5, 0.6) is 0 Å². The SMILES string of the molecule is CC(CCC(=O)O)N(CCCO)C1CCC1. The van der Waals surface area contributed by atoms with Gasteiger partial charge in [0.25, 0.3) is 0 Å². The number of carbonyl (C=O) groups is 1. The molecular weight excluding hydrogens is 206 g/mol. The van der Waals surface area contributed by atoms with E-state index < -0.39 is 5.97 Å². The van der Waals surface area contributed by atoms with E-state index >= 15 is 0 Å². The van der Waals surface area contributed by atoms with Crippen molar-refractivity contribution in [2.75, 3.05) is 13.2 Å². The number of nitrogens with zero attached hydrogens (tertiary/aromatic N) is 1. The average molecular weight is 229 g/mol. The van der Waals surface area contributed by atoms with Crippen LogP contribution in [0, 0.1) is 0 Å². The predicted molar refractivity (Wildman–Crippen MR) is 62.4 cm³/mol. The van der Waals surface area contributed by atoms with Gasteiger partial charge < -0.3 is 10.2 Å². The van der Waals surface area contributed by atoms with Crippen molar-refractivity contribution < 1.29 is 15.0 Å². The maximum Gasteiger partial charge on any atom is 0.303 e. The quantitative estimate of drug-likeness (QED) is 0.662. The smallest absolute Gasteiger partial charge is 0.303 e. The molecule has 1 aliphatic carbocycles. The molecule has 0 bridgehead atoms. The normalized spacial score (nSPS) is 18.4. The monoisotopic (exact) mass is 229 g/mol. The molecule has 1 unspecified atom stereocenters. The molecule has 0 aliphatic heterocycles. The molecule has 0 aromatic carbocycles. The lowest BCUT2D eigenvalue weighted by Crippen LogP contribution is -2.46. The maximum absolute atomic E-state index is 10.5. The zero-order chi connectivity index (χ0) is 12.0. The first-order chi connectivity index (χ1) is 7.65. The predicted octanol–water partition coefficient (Wildman–Crippen LogP) is 1.48. The van der Waals surface area contributed by atoms with E-state index in [0.29, 0.717) is 18.5 Å². The Labute approximate surface area is 97.3 Å². The Morgan fingerprint density at radius 2 is 2.19 bits per heavy atom. The van der Waals surface area contributed by atoms with E-state index in [-0.39, 0.29) is 13.0 Å². The second-order valence-corrected chi connectivity index (χ2v) is 4.68. The molecule has 94 valence electrons. The van der Waals surface area contributed by atoms with Crippen molar-refractivity contribution in [2.24, 2.45) is 0 Å². The molecule has 1 saturated carbocycles. The molecule has 0 saturated heterocycles. The molecule has 16 heavy (non-hydrogen) atoms. The molecule has 4 heteroatoms. The zero-order valence-corrected chi connectivity index (χ0v) is 10.1. The van der Waals surface area contributed by atoms with E-state index in [4.69, 9.17) is 10.2 Å². The van der Waals surface area contributed by atoms with Crippen molar-refractivity contribution in [3.8, 4) is 0 Å². The third-order valence-electron chi connectivity index (χ3n) is 3.46. The summed E-state index contributed by atoms with van der Waals surface area (Å²) < 4.78 is 0. The molecule has 0 aromatic heterocycles. The number of hydrogen-bond donors (Lipinski definition) is 2. The molecule has 1 fully saturated rings. The van der Waals surface area contributed by atoms with Gasteiger partial charge in [0, 0.05) is 31.7 Å². The molecule has 0 radical (unpaired) electrons. The van der Waals surface area contributed by atoms with Crippen LogP contribution < -0.4 is 0 Å². The van der Waals surface area contributed by atoms with Crippen molar-refractivity contribution in [1.82, 2.24) is 4.90 Å². The minimum Gasteiger partial charge on any atom is -0.481 e. The summed E-state index contributed by atoms with van der Waals surface area (Å²) in [6.45, 7) is 3.20. The highest BCUT2D eigenvalue weighted by atomic mass is 16.4. The summed E-state index contributed by atoms with van der Waals surface area (Å²) in [5.41, 5.74) is 0. The lowest BCUT2D eigenvalue weighted by atomic mass is 9.89. The molecule has 2 N–H and O–H groups in total. The van der Waals surface area contributed by atoms with Gasteiger partial charge in [-0.2, -0.15) is 0 Å². The maximum atomic E-state index is 10.5. The summed E-state index contributed by atoms with van der Waals surface area (Å²) in [5, 5.41) is 17.5. The third kappa shape index (κ3) is 4.10. The minimum atomic E-state index is -0.720. The van der Waals surface area contributed by atoms with Gasteiger partial charge in [0.05, 0.1) is 0 Å². The highest BCUT2D eigenvalue weighted by Crippen LogP contribution is 2.27. The molecule has 0 heterocycles. The van der Waals surface area contributed by atoms with Crippen molar-refractivity contribution in [3.05, 3.63) is 0 Å². The van der Waals surface area contributed by atoms with Crippen LogP contribution in [0.2, 0.25) is 0 Å². The van der Waals surface area contributed by atoms with Crippen LogP contribution in [0.3, 0.4) is 0 Å². The van der Waals surface area contributed by atoms with E-state index in [0.717, 1.165) is 13.0 Å². The van der Waals surface area contributed by atoms with Crippen molar-refractivity contribution >= 4 is 5.97 Å². The fourth-order valence-corrected chi connectivity index (χ4v) is 2.23. The van der Waals surface area contributed by atoms with Gasteiger partial charge in [0.2, 0.25) is 0 Å². The number of rotatable bonds is 8. The van der Waals surface area contributed by atoms with Crippen LogP contribution in [-0.4, -0.2) is 46.3 Å². The summed E-state index contributed by atoms with van der Waals surface area (Å²) >= 11 is 0. The van der Waals surface area contributed by atoms with Crippen LogP contribution >= 0.6 is 0 Å². The molecule has 1 aliphatic rings. The Morgan fingerprint density at radius 1 is 1.50 bits per heavy atom. The second-order valence-electron chi connectivity index (χ2n) is 4.68. The molecule has 0 spiro atoms. The summed E-state index contributed by atoms with van der Waals surface area (Å²) in [6.07, 6.45) is 5.46. The second kappa shape index (κ2) is 6.86. The Balaban J connectivity index is 2.36. The summed E-state index contributed by atoms with van der Waals surface area (Å²) in [6, 6.07) is 0.934. The highest BCUT2D eigenvalue weighted by Gasteiger charge is 2.27. The minimum absolute atomic E-state index is 0.217. The molecule has 4 nitrogen and oxygen atoms in total. The number of aliphatic hydroxyl groups is 1. The molecule has 1 rings (SSSR count). The van der Waals surface area contributed by atoms with Crippen molar-refractivity contribution in [1.29, 1.82) is 0 Å². The van der Waals surface area contributed by atoms with Gasteiger partial charge in [-0.3, -0.25) is 9.69 Å². The first-order valence-corrected chi connectivity index (χ1v) is 6.23. The van der Waals surface area contributed by atoms with E-state index in [2.05, 4.69) is 11.8 Å². The fraction of sp³-hybridized carbons (Fsp3) is 0.917. The third-order valence-corrected chi connectivity index (χ3v) is 3.46. The van der Waals surface area contributed by atoms with Crippen LogP contribution in [0.25, 0.3) is 0 Å². The van der Waals surface area contributed by atoms with E-state index in [1.807, 2.05) is 0 Å². The highest BCUT2D eigenvalue weighted by molar-refractivity contribution is 5.66. The number of carboxylic acids is 1. The number of aliphatic hydroxyl groups excluding tert-OH is 1. The Hall–Kier alpha value is -0.610. The Kier molecular flexibility index (Phi) is 5.77. The lowest BCUT2D eigenvalue weighted by Gasteiger charge is -2.41. The topological polar surface area (TPSA) is 60.8 Å². The van der Waals surface area contributed by atoms with Crippen molar-refractivity contribution in [2.45, 2.75) is 57.5 Å². The Morgan fingerprint density at radius 3 is 2.62 bits per heavy atom. The largest absolute Gasteiger partial charge is 0.481 e. The standard InChI is InChI=1S/C12H23NO3/c1-10(6-7-12(15)16)13(8-3-9-14)11-4-2-5-11/h10-11,14H,2-9H2,1H3,(H,15,16). The summed E-state index contributed by atoms with van der Waals surface area (Å²) in [4.78, 5) is 12.9. The van der Waals surface area contributed by atoms with E-state index in [1.54, 1.807) is 0 Å². The first-order valence-electron chi connectivity index (χ1n) is 6.23. The lowest BCUT2D eigenvalue weighted by molar-refractivity contribution is -0.137. The molecule has 0 aromatic rings. The number of aliphatic carboxylic acids is 1. The Bertz CT molecular complexity index is 216. The van der Waals surface area contributed by atoms with Gasteiger partial charge in [0.1, 0.15) is 0 Å². The van der Waals surface area contributed by atoms with Gasteiger partial charge in [-0.25, -0.2) is 0 Å². The van der Waals surface area contributed by atoms with Gasteiger partial charge in [-0.15, -0.1) is 0 Å². The number of hydrogen-bond acceptors (Lipinski definition) is 3. The average Bonchev–Trinajstić information content (AvgIpc) is 2.17.